The van der Waals surface area contributed by atoms with Crippen LogP contribution in [0, 0.1) is 50.7 Å². The third-order valence-electron chi connectivity index (χ3n) is 13.0. The molecule has 11 atom stereocenters. The van der Waals surface area contributed by atoms with Crippen LogP contribution in [0.4, 0.5) is 0 Å². The van der Waals surface area contributed by atoms with Crippen LogP contribution in [0.1, 0.15) is 80.1 Å². The lowest BCUT2D eigenvalue weighted by Gasteiger charge is -2.68. The Morgan fingerprint density at radius 2 is 1.78 bits per heavy atom. The van der Waals surface area contributed by atoms with E-state index in [1.54, 1.807) is 0 Å². The highest BCUT2D eigenvalue weighted by Crippen LogP contribution is 2.76. The first-order valence-electron chi connectivity index (χ1n) is 14.3. The van der Waals surface area contributed by atoms with Crippen molar-refractivity contribution < 1.29 is 29.3 Å². The van der Waals surface area contributed by atoms with Gasteiger partial charge in [0, 0.05) is 17.8 Å². The van der Waals surface area contributed by atoms with E-state index in [1.165, 1.54) is 7.11 Å². The predicted octanol–water partition coefficient (Wildman–Crippen LogP) is 4.59. The van der Waals surface area contributed by atoms with Crippen molar-refractivity contribution in [1.82, 2.24) is 0 Å². The topological polar surface area (TPSA) is 93.1 Å². The molecule has 2 N–H and O–H groups in total. The average Bonchev–Trinajstić information content (AvgIpc) is 3.18. The minimum atomic E-state index is -0.910. The van der Waals surface area contributed by atoms with Crippen molar-refractivity contribution >= 4 is 11.8 Å². The monoisotopic (exact) mass is 512 g/mol. The fourth-order valence-electron chi connectivity index (χ4n) is 10.9. The van der Waals surface area contributed by atoms with Crippen molar-refractivity contribution in [2.45, 2.75) is 92.3 Å². The smallest absolute Gasteiger partial charge is 0.312 e. The number of esters is 1. The lowest BCUT2D eigenvalue weighted by molar-refractivity contribution is -0.177. The Labute approximate surface area is 220 Å². The van der Waals surface area contributed by atoms with Crippen molar-refractivity contribution in [1.29, 1.82) is 0 Å². The third kappa shape index (κ3) is 2.75. The number of ether oxygens (including phenoxy) is 2. The molecule has 0 unspecified atom stereocenters. The van der Waals surface area contributed by atoms with E-state index in [1.807, 2.05) is 13.0 Å². The number of rotatable bonds is 1. The molecular weight excluding hydrogens is 468 g/mol. The number of fused-ring (bicyclic) bond motifs is 6. The molecule has 3 saturated carbocycles. The summed E-state index contributed by atoms with van der Waals surface area (Å²) in [6.45, 7) is 13.6. The molecule has 204 valence electrons. The van der Waals surface area contributed by atoms with E-state index in [4.69, 9.17) is 9.47 Å². The van der Waals surface area contributed by atoms with Crippen LogP contribution < -0.4 is 0 Å². The molecule has 37 heavy (non-hydrogen) atoms. The van der Waals surface area contributed by atoms with Gasteiger partial charge in [0.05, 0.1) is 42.5 Å². The number of carbonyl (C=O) groups is 2. The molecule has 0 aromatic carbocycles. The van der Waals surface area contributed by atoms with E-state index in [9.17, 15) is 19.8 Å². The van der Waals surface area contributed by atoms with Gasteiger partial charge in [-0.05, 0) is 79.3 Å². The largest absolute Gasteiger partial charge is 0.497 e. The highest BCUT2D eigenvalue weighted by molar-refractivity contribution is 5.96. The van der Waals surface area contributed by atoms with Crippen LogP contribution >= 0.6 is 0 Å². The van der Waals surface area contributed by atoms with Crippen LogP contribution in [-0.2, 0) is 19.1 Å². The minimum absolute atomic E-state index is 0.0270. The molecule has 0 bridgehead atoms. The SMILES string of the molecule is COC(=O)[C@]12CC[C@@H](C)[C@H](C)[C@H]1C1=CC(=O)[C@@H]3[C@@]4(C)C[C@@H](O)[C@H](O)[C@@]5(C)COC(=C45)C[C@@]3(C)[C@]1(C)CC2. The maximum atomic E-state index is 14.4. The molecule has 5 aliphatic carbocycles. The van der Waals surface area contributed by atoms with E-state index in [0.717, 1.165) is 42.6 Å². The fourth-order valence-corrected chi connectivity index (χ4v) is 10.9. The lowest BCUT2D eigenvalue weighted by atomic mass is 9.34. The number of methoxy groups -OCH3 is 1. The van der Waals surface area contributed by atoms with Gasteiger partial charge in [-0.2, -0.15) is 0 Å². The summed E-state index contributed by atoms with van der Waals surface area (Å²) in [6, 6.07) is 0. The molecule has 0 saturated heterocycles. The molecule has 0 aromatic heterocycles. The van der Waals surface area contributed by atoms with E-state index in [2.05, 4.69) is 34.6 Å². The zero-order valence-corrected chi connectivity index (χ0v) is 23.5. The summed E-state index contributed by atoms with van der Waals surface area (Å²) in [6.07, 6.45) is 4.46. The number of hydrogen-bond donors (Lipinski definition) is 2. The van der Waals surface area contributed by atoms with Crippen LogP contribution in [0.25, 0.3) is 0 Å². The molecule has 6 aliphatic rings. The molecule has 0 amide bonds. The van der Waals surface area contributed by atoms with Gasteiger partial charge >= 0.3 is 5.97 Å². The Morgan fingerprint density at radius 3 is 2.46 bits per heavy atom. The summed E-state index contributed by atoms with van der Waals surface area (Å²) < 4.78 is 11.8. The van der Waals surface area contributed by atoms with Gasteiger partial charge in [0.25, 0.3) is 0 Å². The third-order valence-corrected chi connectivity index (χ3v) is 13.0. The number of ketones is 1. The molecule has 6 rings (SSSR count). The molecule has 6 nitrogen and oxygen atoms in total. The summed E-state index contributed by atoms with van der Waals surface area (Å²) in [5.74, 6) is 1.27. The van der Waals surface area contributed by atoms with Crippen molar-refractivity contribution in [3.05, 3.63) is 23.0 Å². The molecule has 0 spiro atoms. The second kappa shape index (κ2) is 7.50. The van der Waals surface area contributed by atoms with Gasteiger partial charge < -0.3 is 19.7 Å². The zero-order chi connectivity index (χ0) is 26.9. The van der Waals surface area contributed by atoms with E-state index >= 15 is 0 Å². The number of hydrogen-bond acceptors (Lipinski definition) is 6. The van der Waals surface area contributed by atoms with Gasteiger partial charge in [-0.15, -0.1) is 0 Å². The lowest BCUT2D eigenvalue weighted by Crippen LogP contribution is -2.66. The summed E-state index contributed by atoms with van der Waals surface area (Å²) >= 11 is 0. The Morgan fingerprint density at radius 1 is 1.08 bits per heavy atom. The quantitative estimate of drug-likeness (QED) is 0.500. The maximum absolute atomic E-state index is 14.4. The van der Waals surface area contributed by atoms with E-state index < -0.39 is 33.9 Å². The molecule has 1 aliphatic heterocycles. The number of aliphatic hydroxyl groups excluding tert-OH is 2. The van der Waals surface area contributed by atoms with Crippen molar-refractivity contribution in [3.8, 4) is 0 Å². The highest BCUT2D eigenvalue weighted by atomic mass is 16.5. The number of aliphatic hydroxyl groups is 2. The van der Waals surface area contributed by atoms with Gasteiger partial charge in [-0.25, -0.2) is 0 Å². The van der Waals surface area contributed by atoms with Crippen LogP contribution in [0.5, 0.6) is 0 Å². The average molecular weight is 513 g/mol. The minimum Gasteiger partial charge on any atom is -0.497 e. The first-order valence-corrected chi connectivity index (χ1v) is 14.3. The zero-order valence-electron chi connectivity index (χ0n) is 23.5. The normalized spacial score (nSPS) is 54.3. The predicted molar refractivity (Wildman–Crippen MR) is 138 cm³/mol. The van der Waals surface area contributed by atoms with Gasteiger partial charge in [-0.3, -0.25) is 9.59 Å². The van der Waals surface area contributed by atoms with Crippen LogP contribution in [0.3, 0.4) is 0 Å². The van der Waals surface area contributed by atoms with Crippen LogP contribution in [0.15, 0.2) is 23.0 Å². The Hall–Kier alpha value is -1.66. The van der Waals surface area contributed by atoms with Crippen molar-refractivity contribution in [2.75, 3.05) is 13.7 Å². The Kier molecular flexibility index (Phi) is 5.19. The summed E-state index contributed by atoms with van der Waals surface area (Å²) in [4.78, 5) is 27.9. The van der Waals surface area contributed by atoms with E-state index in [0.29, 0.717) is 25.4 Å². The number of allylic oxidation sites excluding steroid dienone is 3. The van der Waals surface area contributed by atoms with Gasteiger partial charge in [0.2, 0.25) is 0 Å². The van der Waals surface area contributed by atoms with Gasteiger partial charge in [0.1, 0.15) is 0 Å². The van der Waals surface area contributed by atoms with Crippen molar-refractivity contribution in [3.63, 3.8) is 0 Å². The van der Waals surface area contributed by atoms with Gasteiger partial charge in [-0.1, -0.05) is 40.2 Å². The second-order valence-electron chi connectivity index (χ2n) is 14.5. The molecule has 1 heterocycles. The van der Waals surface area contributed by atoms with Crippen LogP contribution in [0.2, 0.25) is 0 Å². The maximum Gasteiger partial charge on any atom is 0.312 e. The van der Waals surface area contributed by atoms with E-state index in [-0.39, 0.29) is 34.9 Å². The summed E-state index contributed by atoms with van der Waals surface area (Å²) in [5.41, 5.74) is -0.413. The second-order valence-corrected chi connectivity index (χ2v) is 14.5. The summed E-state index contributed by atoms with van der Waals surface area (Å²) in [5, 5.41) is 22.1. The molecule has 3 fully saturated rings. The first-order chi connectivity index (χ1) is 17.2. The molecule has 6 heteroatoms. The number of carbonyl (C=O) groups excluding carboxylic acids is 2. The molecule has 0 aromatic rings. The molecule has 0 radical (unpaired) electrons. The standard InChI is InChI=1S/C31H44O6/c1-16-8-9-31(26(35)36-7)11-10-29(5)18(22(31)17(16)2)12-19(32)23-27(3)13-20(33)25(34)28(4)15-37-21(24(27)28)14-30(23,29)6/h12,16-17,20,22-23,25,33-34H,8-11,13-15H2,1-7H3/t16-,17+,20-,22+,23-,25+,27-,28+,29-,30-,31+/m1/s1. The summed E-state index contributed by atoms with van der Waals surface area (Å²) in [7, 11) is 1.50. The first kappa shape index (κ1) is 25.6. The van der Waals surface area contributed by atoms with Crippen LogP contribution in [-0.4, -0.2) is 47.9 Å². The van der Waals surface area contributed by atoms with Gasteiger partial charge in [0.15, 0.2) is 5.78 Å². The molecular formula is C31H44O6. The highest BCUT2D eigenvalue weighted by Gasteiger charge is 2.73. The van der Waals surface area contributed by atoms with Crippen molar-refractivity contribution in [2.24, 2.45) is 50.7 Å². The Bertz CT molecular complexity index is 1140. The Balaban J connectivity index is 1.55. The fraction of sp³-hybridized carbons (Fsp3) is 0.806.